The van der Waals surface area contributed by atoms with Crippen LogP contribution in [0.1, 0.15) is 22.5 Å². The molecule has 0 radical (unpaired) electrons. The smallest absolute Gasteiger partial charge is 0.264 e. The molecule has 4 rings (SSSR count). The standard InChI is InChI=1S/C28H25Cl3N4O3S/c1-18-9-11-23(15-25(18)30)34(39(37,38)24-7-5-4-6-8-24)17-28(36)33-32-16-21-13-19(2)35(20(21)3)27-12-10-22(29)14-26(27)31/h4-16H,17H2,1-3H3,(H,33,36)/b32-16-. The largest absolute Gasteiger partial charge is 0.316 e. The summed E-state index contributed by atoms with van der Waals surface area (Å²) in [4.78, 5) is 13.0. The zero-order chi connectivity index (χ0) is 28.3. The highest BCUT2D eigenvalue weighted by atomic mass is 35.5. The van der Waals surface area contributed by atoms with Crippen LogP contribution >= 0.6 is 34.8 Å². The summed E-state index contributed by atoms with van der Waals surface area (Å²) >= 11 is 18.7. The van der Waals surface area contributed by atoms with Gasteiger partial charge in [0, 0.05) is 27.0 Å². The molecule has 0 saturated heterocycles. The number of amides is 1. The van der Waals surface area contributed by atoms with Gasteiger partial charge in [0.15, 0.2) is 0 Å². The van der Waals surface area contributed by atoms with Crippen LogP contribution in [-0.2, 0) is 14.8 Å². The molecule has 0 atom stereocenters. The third kappa shape index (κ3) is 6.31. The molecule has 1 N–H and O–H groups in total. The maximum Gasteiger partial charge on any atom is 0.264 e. The van der Waals surface area contributed by atoms with E-state index in [1.807, 2.05) is 30.5 Å². The first-order valence-corrected chi connectivity index (χ1v) is 14.4. The number of carbonyl (C=O) groups excluding carboxylic acids is 1. The van der Waals surface area contributed by atoms with Crippen LogP contribution < -0.4 is 9.73 Å². The van der Waals surface area contributed by atoms with E-state index in [9.17, 15) is 13.2 Å². The number of benzene rings is 3. The Morgan fingerprint density at radius 1 is 0.949 bits per heavy atom. The maximum atomic E-state index is 13.5. The van der Waals surface area contributed by atoms with Gasteiger partial charge in [-0.15, -0.1) is 0 Å². The molecule has 0 aliphatic carbocycles. The number of hydrogen-bond acceptors (Lipinski definition) is 4. The molecule has 0 bridgehead atoms. The summed E-state index contributed by atoms with van der Waals surface area (Å²) in [5.74, 6) is -0.628. The first kappa shape index (κ1) is 28.7. The number of aromatic nitrogens is 1. The van der Waals surface area contributed by atoms with Crippen molar-refractivity contribution in [1.82, 2.24) is 9.99 Å². The highest BCUT2D eigenvalue weighted by Gasteiger charge is 2.27. The van der Waals surface area contributed by atoms with Crippen molar-refractivity contribution >= 4 is 62.6 Å². The number of aryl methyl sites for hydroxylation is 2. The molecule has 0 fully saturated rings. The fourth-order valence-corrected chi connectivity index (χ4v) is 6.16. The zero-order valence-electron chi connectivity index (χ0n) is 21.3. The predicted octanol–water partition coefficient (Wildman–Crippen LogP) is 6.71. The Kier molecular flexibility index (Phi) is 8.71. The van der Waals surface area contributed by atoms with Crippen LogP contribution in [0.15, 0.2) is 82.8 Å². The van der Waals surface area contributed by atoms with Crippen LogP contribution in [0.25, 0.3) is 5.69 Å². The Morgan fingerprint density at radius 2 is 1.67 bits per heavy atom. The molecular formula is C28H25Cl3N4O3S. The van der Waals surface area contributed by atoms with Gasteiger partial charge in [-0.05, 0) is 74.9 Å². The van der Waals surface area contributed by atoms with Gasteiger partial charge >= 0.3 is 0 Å². The van der Waals surface area contributed by atoms with Crippen LogP contribution in [0.5, 0.6) is 0 Å². The summed E-state index contributed by atoms with van der Waals surface area (Å²) in [6.07, 6.45) is 1.50. The third-order valence-corrected chi connectivity index (χ3v) is 8.81. The van der Waals surface area contributed by atoms with E-state index in [1.165, 1.54) is 24.4 Å². The highest BCUT2D eigenvalue weighted by Crippen LogP contribution is 2.29. The van der Waals surface area contributed by atoms with Gasteiger partial charge < -0.3 is 4.57 Å². The van der Waals surface area contributed by atoms with Crippen molar-refractivity contribution in [2.24, 2.45) is 5.10 Å². The lowest BCUT2D eigenvalue weighted by Crippen LogP contribution is -2.39. The average Bonchev–Trinajstić information content (AvgIpc) is 3.17. The minimum atomic E-state index is -4.07. The third-order valence-electron chi connectivity index (χ3n) is 6.08. The van der Waals surface area contributed by atoms with E-state index in [2.05, 4.69) is 10.5 Å². The van der Waals surface area contributed by atoms with Crippen molar-refractivity contribution in [2.75, 3.05) is 10.8 Å². The molecule has 4 aromatic rings. The topological polar surface area (TPSA) is 83.8 Å². The second kappa shape index (κ2) is 11.8. The number of carbonyl (C=O) groups is 1. The molecule has 1 aromatic heterocycles. The van der Waals surface area contributed by atoms with E-state index < -0.39 is 22.5 Å². The van der Waals surface area contributed by atoms with Gasteiger partial charge in [0.2, 0.25) is 0 Å². The quantitative estimate of drug-likeness (QED) is 0.180. The molecule has 0 unspecified atom stereocenters. The predicted molar refractivity (Wildman–Crippen MR) is 158 cm³/mol. The molecule has 0 saturated carbocycles. The van der Waals surface area contributed by atoms with Gasteiger partial charge in [-0.1, -0.05) is 59.1 Å². The first-order valence-electron chi connectivity index (χ1n) is 11.8. The van der Waals surface area contributed by atoms with E-state index in [-0.39, 0.29) is 10.6 Å². The number of rotatable bonds is 8. The second-order valence-electron chi connectivity index (χ2n) is 8.81. The summed E-state index contributed by atoms with van der Waals surface area (Å²) in [6, 6.07) is 19.9. The maximum absolute atomic E-state index is 13.5. The minimum Gasteiger partial charge on any atom is -0.316 e. The summed E-state index contributed by atoms with van der Waals surface area (Å²) < 4.78 is 29.9. The molecule has 3 aromatic carbocycles. The second-order valence-corrected chi connectivity index (χ2v) is 11.9. The zero-order valence-corrected chi connectivity index (χ0v) is 24.4. The van der Waals surface area contributed by atoms with Gasteiger partial charge in [0.05, 0.1) is 27.5 Å². The van der Waals surface area contributed by atoms with Crippen LogP contribution in [0.4, 0.5) is 5.69 Å². The fourth-order valence-electron chi connectivity index (χ4n) is 4.06. The number of hydrogen-bond donors (Lipinski definition) is 1. The molecule has 39 heavy (non-hydrogen) atoms. The van der Waals surface area contributed by atoms with Crippen molar-refractivity contribution < 1.29 is 13.2 Å². The monoisotopic (exact) mass is 602 g/mol. The molecule has 0 aliphatic heterocycles. The molecule has 1 amide bonds. The van der Waals surface area contributed by atoms with E-state index in [1.54, 1.807) is 49.4 Å². The lowest BCUT2D eigenvalue weighted by atomic mass is 10.2. The van der Waals surface area contributed by atoms with Gasteiger partial charge in [0.25, 0.3) is 15.9 Å². The van der Waals surface area contributed by atoms with Gasteiger partial charge in [-0.3, -0.25) is 9.10 Å². The van der Waals surface area contributed by atoms with Crippen LogP contribution in [0.2, 0.25) is 15.1 Å². The molecule has 0 aliphatic rings. The molecular weight excluding hydrogens is 579 g/mol. The number of nitrogens with zero attached hydrogens (tertiary/aromatic N) is 3. The molecule has 0 spiro atoms. The van der Waals surface area contributed by atoms with Crippen LogP contribution in [0, 0.1) is 20.8 Å². The Hall–Kier alpha value is -3.30. The van der Waals surface area contributed by atoms with E-state index in [0.29, 0.717) is 15.1 Å². The molecule has 7 nitrogen and oxygen atoms in total. The minimum absolute atomic E-state index is 0.0475. The van der Waals surface area contributed by atoms with E-state index in [4.69, 9.17) is 34.8 Å². The normalized spacial score (nSPS) is 11.6. The van der Waals surface area contributed by atoms with Crippen molar-refractivity contribution in [2.45, 2.75) is 25.7 Å². The average molecular weight is 604 g/mol. The Morgan fingerprint density at radius 3 is 2.33 bits per heavy atom. The number of nitrogens with one attached hydrogen (secondary N) is 1. The van der Waals surface area contributed by atoms with E-state index in [0.717, 1.165) is 32.5 Å². The summed E-state index contributed by atoms with van der Waals surface area (Å²) in [5, 5.41) is 5.50. The first-order chi connectivity index (χ1) is 18.5. The van der Waals surface area contributed by atoms with Crippen LogP contribution in [0.3, 0.4) is 0 Å². The fraction of sp³-hybridized carbons (Fsp3) is 0.143. The summed E-state index contributed by atoms with van der Waals surface area (Å²) in [7, 11) is -4.07. The SMILES string of the molecule is Cc1ccc(N(CC(=O)N/N=C\c2cc(C)n(-c3ccc(Cl)cc3Cl)c2C)S(=O)(=O)c2ccccc2)cc1Cl. The number of sulfonamides is 1. The highest BCUT2D eigenvalue weighted by molar-refractivity contribution is 7.92. The molecule has 11 heteroatoms. The lowest BCUT2D eigenvalue weighted by Gasteiger charge is -2.24. The number of anilines is 1. The Bertz CT molecular complexity index is 1670. The number of halogens is 3. The van der Waals surface area contributed by atoms with Crippen molar-refractivity contribution in [3.8, 4) is 5.69 Å². The Labute approximate surface area is 242 Å². The van der Waals surface area contributed by atoms with Crippen molar-refractivity contribution in [1.29, 1.82) is 0 Å². The van der Waals surface area contributed by atoms with Crippen LogP contribution in [-0.4, -0.2) is 31.7 Å². The van der Waals surface area contributed by atoms with Gasteiger partial charge in [-0.2, -0.15) is 5.10 Å². The summed E-state index contributed by atoms with van der Waals surface area (Å²) in [5.41, 5.74) is 6.74. The molecule has 202 valence electrons. The van der Waals surface area contributed by atoms with Crippen molar-refractivity contribution in [3.63, 3.8) is 0 Å². The number of hydrazone groups is 1. The molecule has 1 heterocycles. The Balaban J connectivity index is 1.57. The van der Waals surface area contributed by atoms with Gasteiger partial charge in [-0.25, -0.2) is 13.8 Å². The summed E-state index contributed by atoms with van der Waals surface area (Å²) in [6.45, 7) is 5.12. The van der Waals surface area contributed by atoms with Gasteiger partial charge in [0.1, 0.15) is 6.54 Å². The van der Waals surface area contributed by atoms with E-state index >= 15 is 0 Å². The van der Waals surface area contributed by atoms with Crippen molar-refractivity contribution in [3.05, 3.63) is 110 Å². The lowest BCUT2D eigenvalue weighted by molar-refractivity contribution is -0.119.